The Hall–Kier alpha value is -1.28. The van der Waals surface area contributed by atoms with E-state index in [1.807, 2.05) is 13.0 Å². The molecule has 0 saturated heterocycles. The first kappa shape index (κ1) is 17.5. The molecule has 0 saturated carbocycles. The fourth-order valence-corrected chi connectivity index (χ4v) is 4.78. The third-order valence-electron chi connectivity index (χ3n) is 3.48. The average molecular weight is 425 g/mol. The van der Waals surface area contributed by atoms with Gasteiger partial charge in [-0.3, -0.25) is 4.79 Å². The standard InChI is InChI=1S/C17H17BrN2O2S2/c1-3-22-9-8-20-12-5-4-11(2)10-14(12)24-17(20)19-16(21)13-6-7-15(18)23-13/h4-7,10H,3,8-9H2,1-2H3. The minimum atomic E-state index is -0.209. The van der Waals surface area contributed by atoms with Crippen molar-refractivity contribution < 1.29 is 9.53 Å². The summed E-state index contributed by atoms with van der Waals surface area (Å²) in [7, 11) is 0. The van der Waals surface area contributed by atoms with Crippen LogP contribution in [0.3, 0.4) is 0 Å². The Morgan fingerprint density at radius 1 is 1.29 bits per heavy atom. The molecule has 3 rings (SSSR count). The fourth-order valence-electron chi connectivity index (χ4n) is 2.35. The first-order valence-electron chi connectivity index (χ1n) is 7.60. The van der Waals surface area contributed by atoms with Gasteiger partial charge in [0.1, 0.15) is 0 Å². The topological polar surface area (TPSA) is 43.6 Å². The summed E-state index contributed by atoms with van der Waals surface area (Å²) in [5.74, 6) is -0.209. The highest BCUT2D eigenvalue weighted by molar-refractivity contribution is 9.11. The van der Waals surface area contributed by atoms with Crippen molar-refractivity contribution in [3.05, 3.63) is 49.4 Å². The van der Waals surface area contributed by atoms with E-state index in [-0.39, 0.29) is 5.91 Å². The summed E-state index contributed by atoms with van der Waals surface area (Å²) in [6, 6.07) is 9.95. The lowest BCUT2D eigenvalue weighted by molar-refractivity contribution is 0.100. The molecule has 0 bridgehead atoms. The highest BCUT2D eigenvalue weighted by Gasteiger charge is 2.11. The second-order valence-electron chi connectivity index (χ2n) is 5.23. The molecular formula is C17H17BrN2O2S2. The molecule has 0 atom stereocenters. The third kappa shape index (κ3) is 3.85. The predicted octanol–water partition coefficient (Wildman–Crippen LogP) is 4.61. The number of carbonyl (C=O) groups excluding carboxylic acids is 1. The number of ether oxygens (including phenoxy) is 1. The molecule has 1 amide bonds. The molecule has 0 radical (unpaired) electrons. The Bertz CT molecular complexity index is 940. The van der Waals surface area contributed by atoms with Crippen LogP contribution in [0.25, 0.3) is 10.2 Å². The van der Waals surface area contributed by atoms with E-state index in [0.717, 1.165) is 14.0 Å². The van der Waals surface area contributed by atoms with Crippen LogP contribution in [-0.2, 0) is 11.3 Å². The number of hydrogen-bond donors (Lipinski definition) is 0. The van der Waals surface area contributed by atoms with Gasteiger partial charge in [0.05, 0.1) is 25.5 Å². The van der Waals surface area contributed by atoms with Crippen LogP contribution >= 0.6 is 38.6 Å². The lowest BCUT2D eigenvalue weighted by atomic mass is 10.2. The van der Waals surface area contributed by atoms with E-state index in [0.29, 0.717) is 29.4 Å². The van der Waals surface area contributed by atoms with Gasteiger partial charge >= 0.3 is 0 Å². The second kappa shape index (κ2) is 7.74. The molecule has 1 aromatic carbocycles. The van der Waals surface area contributed by atoms with E-state index < -0.39 is 0 Å². The highest BCUT2D eigenvalue weighted by Crippen LogP contribution is 2.23. The summed E-state index contributed by atoms with van der Waals surface area (Å²) >= 11 is 6.32. The summed E-state index contributed by atoms with van der Waals surface area (Å²) in [5, 5.41) is 0. The minimum Gasteiger partial charge on any atom is -0.380 e. The first-order valence-corrected chi connectivity index (χ1v) is 10.0. The van der Waals surface area contributed by atoms with Crippen molar-refractivity contribution >= 4 is 54.7 Å². The molecule has 0 N–H and O–H groups in total. The Balaban J connectivity index is 2.06. The summed E-state index contributed by atoms with van der Waals surface area (Å²) in [6.07, 6.45) is 0. The number of aryl methyl sites for hydroxylation is 1. The zero-order chi connectivity index (χ0) is 17.1. The Morgan fingerprint density at radius 3 is 2.83 bits per heavy atom. The predicted molar refractivity (Wildman–Crippen MR) is 103 cm³/mol. The Kier molecular flexibility index (Phi) is 5.65. The molecule has 7 heteroatoms. The number of carbonyl (C=O) groups is 1. The van der Waals surface area contributed by atoms with Crippen molar-refractivity contribution in [3.63, 3.8) is 0 Å². The van der Waals surface area contributed by atoms with Crippen molar-refractivity contribution in [2.45, 2.75) is 20.4 Å². The lowest BCUT2D eigenvalue weighted by Gasteiger charge is -2.05. The number of aromatic nitrogens is 1. The lowest BCUT2D eigenvalue weighted by Crippen LogP contribution is -2.19. The fraction of sp³-hybridized carbons (Fsp3) is 0.294. The third-order valence-corrected chi connectivity index (χ3v) is 6.14. The number of hydrogen-bond acceptors (Lipinski definition) is 4. The van der Waals surface area contributed by atoms with E-state index in [1.165, 1.54) is 28.2 Å². The molecule has 0 aliphatic carbocycles. The van der Waals surface area contributed by atoms with Gasteiger partial charge in [-0.1, -0.05) is 17.4 Å². The van der Waals surface area contributed by atoms with Gasteiger partial charge in [-0.25, -0.2) is 0 Å². The smallest absolute Gasteiger partial charge is 0.289 e. The van der Waals surface area contributed by atoms with Crippen LogP contribution in [-0.4, -0.2) is 23.7 Å². The van der Waals surface area contributed by atoms with Crippen molar-refractivity contribution in [2.75, 3.05) is 13.2 Å². The molecule has 4 nitrogen and oxygen atoms in total. The average Bonchev–Trinajstić information content (AvgIpc) is 3.11. The van der Waals surface area contributed by atoms with E-state index in [9.17, 15) is 4.79 Å². The summed E-state index contributed by atoms with van der Waals surface area (Å²) in [4.78, 5) is 18.1. The number of fused-ring (bicyclic) bond motifs is 1. The maximum absolute atomic E-state index is 12.4. The van der Waals surface area contributed by atoms with E-state index >= 15 is 0 Å². The van der Waals surface area contributed by atoms with Crippen LogP contribution < -0.4 is 4.80 Å². The number of nitrogens with zero attached hydrogens (tertiary/aromatic N) is 2. The van der Waals surface area contributed by atoms with Crippen molar-refractivity contribution in [1.29, 1.82) is 0 Å². The SMILES string of the molecule is CCOCCn1c(=NC(=O)c2ccc(Br)s2)sc2cc(C)ccc21. The number of amides is 1. The molecule has 3 aromatic rings. The number of rotatable bonds is 5. The van der Waals surface area contributed by atoms with Crippen LogP contribution in [0.1, 0.15) is 22.2 Å². The van der Waals surface area contributed by atoms with E-state index in [2.05, 4.69) is 50.6 Å². The Labute approximate surface area is 156 Å². The quantitative estimate of drug-likeness (QED) is 0.561. The van der Waals surface area contributed by atoms with Crippen molar-refractivity contribution in [2.24, 2.45) is 4.99 Å². The summed E-state index contributed by atoms with van der Waals surface area (Å²) in [6.45, 7) is 5.99. The van der Waals surface area contributed by atoms with Gasteiger partial charge in [-0.2, -0.15) is 4.99 Å². The molecular weight excluding hydrogens is 408 g/mol. The zero-order valence-electron chi connectivity index (χ0n) is 13.4. The first-order chi connectivity index (χ1) is 11.6. The van der Waals surface area contributed by atoms with Gasteiger partial charge in [0.2, 0.25) is 0 Å². The maximum atomic E-state index is 12.4. The van der Waals surface area contributed by atoms with Crippen LogP contribution in [0, 0.1) is 6.92 Å². The highest BCUT2D eigenvalue weighted by atomic mass is 79.9. The molecule has 2 heterocycles. The molecule has 2 aromatic heterocycles. The number of thiophene rings is 1. The van der Waals surface area contributed by atoms with Crippen LogP contribution in [0.5, 0.6) is 0 Å². The molecule has 0 unspecified atom stereocenters. The molecule has 0 fully saturated rings. The van der Waals surface area contributed by atoms with Gasteiger partial charge < -0.3 is 9.30 Å². The second-order valence-corrected chi connectivity index (χ2v) is 8.70. The minimum absolute atomic E-state index is 0.209. The normalized spacial score (nSPS) is 12.2. The van der Waals surface area contributed by atoms with Crippen LogP contribution in [0.4, 0.5) is 0 Å². The van der Waals surface area contributed by atoms with Gasteiger partial charge in [0.15, 0.2) is 4.80 Å². The Morgan fingerprint density at radius 2 is 2.12 bits per heavy atom. The van der Waals surface area contributed by atoms with Crippen LogP contribution in [0.15, 0.2) is 39.1 Å². The molecule has 0 aliphatic rings. The van der Waals surface area contributed by atoms with Gasteiger partial charge in [0, 0.05) is 13.2 Å². The summed E-state index contributed by atoms with van der Waals surface area (Å²) < 4.78 is 9.60. The van der Waals surface area contributed by atoms with Crippen molar-refractivity contribution in [1.82, 2.24) is 4.57 Å². The number of benzene rings is 1. The molecule has 126 valence electrons. The summed E-state index contributed by atoms with van der Waals surface area (Å²) in [5.41, 5.74) is 2.28. The van der Waals surface area contributed by atoms with E-state index in [4.69, 9.17) is 4.74 Å². The van der Waals surface area contributed by atoms with E-state index in [1.54, 1.807) is 6.07 Å². The van der Waals surface area contributed by atoms with Crippen molar-refractivity contribution in [3.8, 4) is 0 Å². The van der Waals surface area contributed by atoms with Gasteiger partial charge in [-0.15, -0.1) is 11.3 Å². The number of halogens is 1. The number of thiazole rings is 1. The molecule has 0 aliphatic heterocycles. The largest absolute Gasteiger partial charge is 0.380 e. The molecule has 0 spiro atoms. The zero-order valence-corrected chi connectivity index (χ0v) is 16.6. The monoisotopic (exact) mass is 424 g/mol. The molecule has 24 heavy (non-hydrogen) atoms. The maximum Gasteiger partial charge on any atom is 0.289 e. The van der Waals surface area contributed by atoms with Crippen LogP contribution in [0.2, 0.25) is 0 Å². The van der Waals surface area contributed by atoms with Gasteiger partial charge in [-0.05, 0) is 59.6 Å². The van der Waals surface area contributed by atoms with Gasteiger partial charge in [0.25, 0.3) is 5.91 Å².